The summed E-state index contributed by atoms with van der Waals surface area (Å²) in [6.07, 6.45) is -3.58. The summed E-state index contributed by atoms with van der Waals surface area (Å²) in [6, 6.07) is 11.2. The van der Waals surface area contributed by atoms with Gasteiger partial charge in [-0.05, 0) is 60.7 Å². The number of halogens is 3. The number of rotatable bonds is 8. The second-order valence-corrected chi connectivity index (χ2v) is 10.5. The normalized spacial score (nSPS) is 15.9. The van der Waals surface area contributed by atoms with Crippen molar-refractivity contribution in [3.05, 3.63) is 59.7 Å². The highest BCUT2D eigenvalue weighted by Gasteiger charge is 2.32. The number of hydrogen-bond acceptors (Lipinski definition) is 4. The third-order valence-corrected chi connectivity index (χ3v) is 7.77. The Morgan fingerprint density at radius 3 is 2.18 bits per heavy atom. The lowest BCUT2D eigenvalue weighted by molar-refractivity contribution is -0.137. The predicted octanol–water partition coefficient (Wildman–Crippen LogP) is 4.42. The maximum absolute atomic E-state index is 12.9. The van der Waals surface area contributed by atoms with E-state index in [-0.39, 0.29) is 48.7 Å². The zero-order valence-corrected chi connectivity index (χ0v) is 20.0. The Labute approximate surface area is 198 Å². The Morgan fingerprint density at radius 1 is 1.06 bits per heavy atom. The zero-order chi connectivity index (χ0) is 24.9. The monoisotopic (exact) mass is 498 g/mol. The molecule has 0 saturated carbocycles. The predicted molar refractivity (Wildman–Crippen MR) is 122 cm³/mol. The minimum absolute atomic E-state index is 0.108. The van der Waals surface area contributed by atoms with Gasteiger partial charge in [-0.1, -0.05) is 26.0 Å². The molecule has 0 atom stereocenters. The molecule has 3 rings (SSSR count). The molecule has 6 nitrogen and oxygen atoms in total. The fourth-order valence-electron chi connectivity index (χ4n) is 3.76. The summed E-state index contributed by atoms with van der Waals surface area (Å²) in [5, 5.41) is 2.75. The minimum Gasteiger partial charge on any atom is -0.492 e. The summed E-state index contributed by atoms with van der Waals surface area (Å²) < 4.78 is 70.4. The summed E-state index contributed by atoms with van der Waals surface area (Å²) in [5.74, 6) is 0.101. The number of alkyl halides is 3. The number of nitrogens with zero attached hydrogens (tertiary/aromatic N) is 1. The molecule has 1 aliphatic rings. The van der Waals surface area contributed by atoms with Gasteiger partial charge in [0.05, 0.1) is 17.0 Å². The van der Waals surface area contributed by atoms with Gasteiger partial charge in [0.2, 0.25) is 15.9 Å². The van der Waals surface area contributed by atoms with Gasteiger partial charge in [0, 0.05) is 19.0 Å². The van der Waals surface area contributed by atoms with Crippen LogP contribution in [0.2, 0.25) is 0 Å². The van der Waals surface area contributed by atoms with Crippen molar-refractivity contribution < 1.29 is 31.1 Å². The van der Waals surface area contributed by atoms with Crippen LogP contribution < -0.4 is 10.1 Å². The van der Waals surface area contributed by atoms with Crippen molar-refractivity contribution >= 4 is 15.9 Å². The van der Waals surface area contributed by atoms with E-state index in [0.29, 0.717) is 18.8 Å². The Balaban J connectivity index is 1.42. The topological polar surface area (TPSA) is 75.7 Å². The highest BCUT2D eigenvalue weighted by atomic mass is 32.2. The molecule has 0 radical (unpaired) electrons. The fraction of sp³-hybridized carbons (Fsp3) is 0.458. The van der Waals surface area contributed by atoms with Crippen molar-refractivity contribution in [3.63, 3.8) is 0 Å². The number of piperidine rings is 1. The molecule has 2 aromatic rings. The lowest BCUT2D eigenvalue weighted by Gasteiger charge is -2.30. The SMILES string of the molecule is CC(C)c1ccc(S(=O)(=O)N2CCC(C(=O)NCCOc3ccc(C(F)(F)F)cc3)CC2)cc1. The number of nitrogens with one attached hydrogen (secondary N) is 1. The van der Waals surface area contributed by atoms with Crippen LogP contribution in [0.25, 0.3) is 0 Å². The smallest absolute Gasteiger partial charge is 0.416 e. The molecule has 1 heterocycles. The third kappa shape index (κ3) is 6.50. The largest absolute Gasteiger partial charge is 0.492 e. The molecule has 0 aliphatic carbocycles. The quantitative estimate of drug-likeness (QED) is 0.547. The molecule has 10 heteroatoms. The van der Waals surface area contributed by atoms with E-state index >= 15 is 0 Å². The van der Waals surface area contributed by atoms with E-state index in [4.69, 9.17) is 4.74 Å². The van der Waals surface area contributed by atoms with Crippen molar-refractivity contribution in [2.24, 2.45) is 5.92 Å². The molecule has 34 heavy (non-hydrogen) atoms. The molecular formula is C24H29F3N2O4S. The molecule has 1 aliphatic heterocycles. The number of ether oxygens (including phenoxy) is 1. The first-order valence-electron chi connectivity index (χ1n) is 11.2. The summed E-state index contributed by atoms with van der Waals surface area (Å²) >= 11 is 0. The van der Waals surface area contributed by atoms with Gasteiger partial charge >= 0.3 is 6.18 Å². The van der Waals surface area contributed by atoms with Gasteiger partial charge in [-0.15, -0.1) is 0 Å². The molecule has 1 N–H and O–H groups in total. The van der Waals surface area contributed by atoms with Gasteiger partial charge in [0.1, 0.15) is 12.4 Å². The van der Waals surface area contributed by atoms with Gasteiger partial charge in [-0.2, -0.15) is 17.5 Å². The van der Waals surface area contributed by atoms with E-state index in [1.807, 2.05) is 26.0 Å². The molecule has 0 spiro atoms. The lowest BCUT2D eigenvalue weighted by atomic mass is 9.97. The third-order valence-electron chi connectivity index (χ3n) is 5.86. The summed E-state index contributed by atoms with van der Waals surface area (Å²) in [5.41, 5.74) is 0.311. The van der Waals surface area contributed by atoms with Crippen LogP contribution in [0.15, 0.2) is 53.4 Å². The van der Waals surface area contributed by atoms with E-state index in [0.717, 1.165) is 17.7 Å². The van der Waals surface area contributed by atoms with Crippen molar-refractivity contribution in [2.75, 3.05) is 26.2 Å². The van der Waals surface area contributed by atoms with Crippen LogP contribution >= 0.6 is 0 Å². The van der Waals surface area contributed by atoms with Crippen LogP contribution in [0, 0.1) is 5.92 Å². The fourth-order valence-corrected chi connectivity index (χ4v) is 5.23. The van der Waals surface area contributed by atoms with Crippen molar-refractivity contribution in [3.8, 4) is 5.75 Å². The van der Waals surface area contributed by atoms with Gasteiger partial charge in [0.25, 0.3) is 0 Å². The zero-order valence-electron chi connectivity index (χ0n) is 19.1. The van der Waals surface area contributed by atoms with Gasteiger partial charge in [-0.3, -0.25) is 4.79 Å². The minimum atomic E-state index is -4.40. The molecular weight excluding hydrogens is 469 g/mol. The van der Waals surface area contributed by atoms with Crippen molar-refractivity contribution in [1.82, 2.24) is 9.62 Å². The number of sulfonamides is 1. The summed E-state index contributed by atoms with van der Waals surface area (Å²) in [6.45, 7) is 4.90. The number of carbonyl (C=O) groups is 1. The van der Waals surface area contributed by atoms with Gasteiger partial charge in [-0.25, -0.2) is 8.42 Å². The molecule has 0 unspecified atom stereocenters. The maximum atomic E-state index is 12.9. The molecule has 1 amide bonds. The van der Waals surface area contributed by atoms with Crippen LogP contribution in [0.4, 0.5) is 13.2 Å². The molecule has 1 fully saturated rings. The first-order chi connectivity index (χ1) is 16.0. The summed E-state index contributed by atoms with van der Waals surface area (Å²) in [7, 11) is -3.61. The first kappa shape index (κ1) is 26.0. The average Bonchev–Trinajstić information content (AvgIpc) is 2.81. The van der Waals surface area contributed by atoms with Crippen LogP contribution in [0.5, 0.6) is 5.75 Å². The number of benzene rings is 2. The molecule has 186 valence electrons. The Hall–Kier alpha value is -2.59. The van der Waals surface area contributed by atoms with Crippen molar-refractivity contribution in [2.45, 2.75) is 43.7 Å². The molecule has 0 bridgehead atoms. The van der Waals surface area contributed by atoms with Crippen LogP contribution in [0.3, 0.4) is 0 Å². The Morgan fingerprint density at radius 2 is 1.65 bits per heavy atom. The number of hydrogen-bond donors (Lipinski definition) is 1. The van der Waals surface area contributed by atoms with E-state index in [2.05, 4.69) is 5.32 Å². The van der Waals surface area contributed by atoms with Crippen LogP contribution in [0.1, 0.15) is 43.7 Å². The molecule has 2 aromatic carbocycles. The Kier molecular flexibility index (Phi) is 8.25. The molecule has 1 saturated heterocycles. The molecule has 0 aromatic heterocycles. The number of carbonyl (C=O) groups excluding carboxylic acids is 1. The van der Waals surface area contributed by atoms with E-state index in [1.54, 1.807) is 12.1 Å². The second-order valence-electron chi connectivity index (χ2n) is 8.56. The van der Waals surface area contributed by atoms with Gasteiger partial charge < -0.3 is 10.1 Å². The second kappa shape index (κ2) is 10.8. The average molecular weight is 499 g/mol. The van der Waals surface area contributed by atoms with Crippen LogP contribution in [-0.2, 0) is 21.0 Å². The van der Waals surface area contributed by atoms with Crippen molar-refractivity contribution in [1.29, 1.82) is 0 Å². The highest BCUT2D eigenvalue weighted by molar-refractivity contribution is 7.89. The van der Waals surface area contributed by atoms with Gasteiger partial charge in [0.15, 0.2) is 0 Å². The first-order valence-corrected chi connectivity index (χ1v) is 12.6. The van der Waals surface area contributed by atoms with E-state index in [9.17, 15) is 26.4 Å². The number of amides is 1. The standard InChI is InChI=1S/C24H29F3N2O4S/c1-17(2)18-3-9-22(10-4-18)34(31,32)29-14-11-19(12-15-29)23(30)28-13-16-33-21-7-5-20(6-8-21)24(25,26)27/h3-10,17,19H,11-16H2,1-2H3,(H,28,30). The lowest BCUT2D eigenvalue weighted by Crippen LogP contribution is -2.43. The Bertz CT molecular complexity index is 1060. The highest BCUT2D eigenvalue weighted by Crippen LogP contribution is 2.30. The maximum Gasteiger partial charge on any atom is 0.416 e. The van der Waals surface area contributed by atoms with E-state index < -0.39 is 21.8 Å². The van der Waals surface area contributed by atoms with Crippen LogP contribution in [-0.4, -0.2) is 44.9 Å². The van der Waals surface area contributed by atoms with E-state index in [1.165, 1.54) is 16.4 Å². The summed E-state index contributed by atoms with van der Waals surface area (Å²) in [4.78, 5) is 12.7.